The van der Waals surface area contributed by atoms with Crippen LogP contribution in [-0.4, -0.2) is 32.7 Å². The molecule has 0 fully saturated rings. The van der Waals surface area contributed by atoms with Crippen molar-refractivity contribution in [2.45, 2.75) is 11.4 Å². The number of rotatable bonds is 5. The molecule has 0 atom stereocenters. The van der Waals surface area contributed by atoms with E-state index in [0.29, 0.717) is 5.56 Å². The Hall–Kier alpha value is -2.25. The molecule has 1 N–H and O–H groups in total. The predicted octanol–water partition coefficient (Wildman–Crippen LogP) is 2.01. The van der Waals surface area contributed by atoms with Crippen LogP contribution in [0.3, 0.4) is 0 Å². The van der Waals surface area contributed by atoms with Gasteiger partial charge < -0.3 is 5.32 Å². The summed E-state index contributed by atoms with van der Waals surface area (Å²) in [6, 6.07) is 11.8. The van der Waals surface area contributed by atoms with Gasteiger partial charge in [0.1, 0.15) is 5.82 Å². The fourth-order valence-corrected chi connectivity index (χ4v) is 2.88. The quantitative estimate of drug-likeness (QED) is 0.908. The highest BCUT2D eigenvalue weighted by Crippen LogP contribution is 2.15. The molecule has 0 heterocycles. The average Bonchev–Trinajstić information content (AvgIpc) is 2.53. The largest absolute Gasteiger partial charge is 0.348 e. The predicted molar refractivity (Wildman–Crippen MR) is 84.9 cm³/mol. The summed E-state index contributed by atoms with van der Waals surface area (Å²) in [6.45, 7) is 0.0240. The standard InChI is InChI=1S/C16H17FN2O3S/c1-19(2)23(21,22)14-8-5-7-12(10-14)16(20)18-11-13-6-3-4-9-15(13)17/h3-10H,11H2,1-2H3,(H,18,20). The van der Waals surface area contributed by atoms with Crippen LogP contribution in [0.15, 0.2) is 53.4 Å². The summed E-state index contributed by atoms with van der Waals surface area (Å²) in [5, 5.41) is 2.58. The van der Waals surface area contributed by atoms with Crippen LogP contribution in [0, 0.1) is 5.82 Å². The monoisotopic (exact) mass is 336 g/mol. The summed E-state index contributed by atoms with van der Waals surface area (Å²) in [6.07, 6.45) is 0. The number of carbonyl (C=O) groups excluding carboxylic acids is 1. The molecule has 0 saturated carbocycles. The average molecular weight is 336 g/mol. The van der Waals surface area contributed by atoms with Crippen molar-refractivity contribution in [3.8, 4) is 0 Å². The second-order valence-electron chi connectivity index (χ2n) is 5.09. The number of nitrogens with one attached hydrogen (secondary N) is 1. The Kier molecular flexibility index (Phi) is 5.12. The summed E-state index contributed by atoms with van der Waals surface area (Å²) >= 11 is 0. The highest BCUT2D eigenvalue weighted by molar-refractivity contribution is 7.89. The van der Waals surface area contributed by atoms with Crippen molar-refractivity contribution < 1.29 is 17.6 Å². The van der Waals surface area contributed by atoms with Crippen molar-refractivity contribution in [1.29, 1.82) is 0 Å². The van der Waals surface area contributed by atoms with Gasteiger partial charge >= 0.3 is 0 Å². The maximum atomic E-state index is 13.5. The number of benzene rings is 2. The van der Waals surface area contributed by atoms with Gasteiger partial charge in [-0.1, -0.05) is 24.3 Å². The molecule has 23 heavy (non-hydrogen) atoms. The van der Waals surface area contributed by atoms with Crippen LogP contribution in [0.2, 0.25) is 0 Å². The van der Waals surface area contributed by atoms with E-state index < -0.39 is 21.7 Å². The third-order valence-corrected chi connectivity index (χ3v) is 5.08. The Bertz CT molecular complexity index is 820. The van der Waals surface area contributed by atoms with Gasteiger partial charge in [-0.3, -0.25) is 4.79 Å². The minimum absolute atomic E-state index is 0.0240. The molecule has 0 aromatic heterocycles. The topological polar surface area (TPSA) is 66.5 Å². The van der Waals surface area contributed by atoms with E-state index in [1.54, 1.807) is 18.2 Å². The zero-order valence-corrected chi connectivity index (χ0v) is 13.6. The normalized spacial score (nSPS) is 11.5. The van der Waals surface area contributed by atoms with Crippen LogP contribution in [0.5, 0.6) is 0 Å². The van der Waals surface area contributed by atoms with Crippen LogP contribution >= 0.6 is 0 Å². The number of halogens is 1. The van der Waals surface area contributed by atoms with Crippen LogP contribution < -0.4 is 5.32 Å². The minimum atomic E-state index is -3.61. The van der Waals surface area contributed by atoms with Gasteiger partial charge in [-0.15, -0.1) is 0 Å². The maximum Gasteiger partial charge on any atom is 0.251 e. The van der Waals surface area contributed by atoms with Crippen LogP contribution in [0.25, 0.3) is 0 Å². The van der Waals surface area contributed by atoms with Gasteiger partial charge in [0.05, 0.1) is 4.90 Å². The molecule has 0 unspecified atom stereocenters. The van der Waals surface area contributed by atoms with E-state index >= 15 is 0 Å². The first-order valence-corrected chi connectivity index (χ1v) is 8.30. The molecule has 1 amide bonds. The molecule has 5 nitrogen and oxygen atoms in total. The van der Waals surface area contributed by atoms with Gasteiger partial charge in [0.15, 0.2) is 0 Å². The Morgan fingerprint density at radius 3 is 2.48 bits per heavy atom. The van der Waals surface area contributed by atoms with Crippen LogP contribution in [0.1, 0.15) is 15.9 Å². The Morgan fingerprint density at radius 2 is 1.83 bits per heavy atom. The lowest BCUT2D eigenvalue weighted by Gasteiger charge is -2.12. The molecular weight excluding hydrogens is 319 g/mol. The lowest BCUT2D eigenvalue weighted by molar-refractivity contribution is 0.0950. The summed E-state index contributed by atoms with van der Waals surface area (Å²) in [7, 11) is -0.780. The molecular formula is C16H17FN2O3S. The van der Waals surface area contributed by atoms with Gasteiger partial charge in [-0.25, -0.2) is 17.1 Å². The highest BCUT2D eigenvalue weighted by Gasteiger charge is 2.18. The molecule has 2 rings (SSSR count). The number of hydrogen-bond acceptors (Lipinski definition) is 3. The van der Waals surface area contributed by atoms with Gasteiger partial charge in [-0.05, 0) is 24.3 Å². The summed E-state index contributed by atoms with van der Waals surface area (Å²) < 4.78 is 38.7. The third-order valence-electron chi connectivity index (χ3n) is 3.27. The van der Waals surface area contributed by atoms with Gasteiger partial charge in [0.25, 0.3) is 5.91 Å². The smallest absolute Gasteiger partial charge is 0.251 e. The molecule has 2 aromatic rings. The molecule has 2 aromatic carbocycles. The molecule has 0 aliphatic heterocycles. The Morgan fingerprint density at radius 1 is 1.13 bits per heavy atom. The Balaban J connectivity index is 2.16. The first-order valence-electron chi connectivity index (χ1n) is 6.86. The number of amides is 1. The first-order chi connectivity index (χ1) is 10.8. The zero-order valence-electron chi connectivity index (χ0n) is 12.8. The molecule has 0 radical (unpaired) electrons. The molecule has 0 saturated heterocycles. The van der Waals surface area contributed by atoms with Crippen molar-refractivity contribution in [1.82, 2.24) is 9.62 Å². The zero-order chi connectivity index (χ0) is 17.0. The van der Waals surface area contributed by atoms with E-state index in [0.717, 1.165) is 4.31 Å². The molecule has 0 bridgehead atoms. The maximum absolute atomic E-state index is 13.5. The lowest BCUT2D eigenvalue weighted by atomic mass is 10.2. The third kappa shape index (κ3) is 3.94. The van der Waals surface area contributed by atoms with E-state index in [1.165, 1.54) is 44.4 Å². The van der Waals surface area contributed by atoms with Crippen molar-refractivity contribution in [2.24, 2.45) is 0 Å². The van der Waals surface area contributed by atoms with Crippen LogP contribution in [-0.2, 0) is 16.6 Å². The summed E-state index contributed by atoms with van der Waals surface area (Å²) in [5.74, 6) is -0.874. The Labute approximate surface area is 134 Å². The number of hydrogen-bond donors (Lipinski definition) is 1. The fraction of sp³-hybridized carbons (Fsp3) is 0.188. The first kappa shape index (κ1) is 17.1. The molecule has 0 aliphatic carbocycles. The number of sulfonamides is 1. The number of nitrogens with zero attached hydrogens (tertiary/aromatic N) is 1. The van der Waals surface area contributed by atoms with E-state index in [4.69, 9.17) is 0 Å². The van der Waals surface area contributed by atoms with Crippen LogP contribution in [0.4, 0.5) is 4.39 Å². The van der Waals surface area contributed by atoms with E-state index in [1.807, 2.05) is 0 Å². The van der Waals surface area contributed by atoms with E-state index in [9.17, 15) is 17.6 Å². The molecule has 122 valence electrons. The number of carbonyl (C=O) groups is 1. The SMILES string of the molecule is CN(C)S(=O)(=O)c1cccc(C(=O)NCc2ccccc2F)c1. The lowest BCUT2D eigenvalue weighted by Crippen LogP contribution is -2.25. The van der Waals surface area contributed by atoms with E-state index in [-0.39, 0.29) is 17.0 Å². The summed E-state index contributed by atoms with van der Waals surface area (Å²) in [5.41, 5.74) is 0.558. The van der Waals surface area contributed by atoms with Crippen molar-refractivity contribution in [3.05, 3.63) is 65.5 Å². The van der Waals surface area contributed by atoms with Gasteiger partial charge in [-0.2, -0.15) is 0 Å². The van der Waals surface area contributed by atoms with Crippen molar-refractivity contribution >= 4 is 15.9 Å². The highest BCUT2D eigenvalue weighted by atomic mass is 32.2. The molecule has 0 aliphatic rings. The van der Waals surface area contributed by atoms with E-state index in [2.05, 4.69) is 5.32 Å². The van der Waals surface area contributed by atoms with Gasteiger partial charge in [0, 0.05) is 31.8 Å². The second-order valence-corrected chi connectivity index (χ2v) is 7.24. The minimum Gasteiger partial charge on any atom is -0.348 e. The molecule has 0 spiro atoms. The van der Waals surface area contributed by atoms with Crippen molar-refractivity contribution in [3.63, 3.8) is 0 Å². The molecule has 7 heteroatoms. The fourth-order valence-electron chi connectivity index (χ4n) is 1.93. The van der Waals surface area contributed by atoms with Gasteiger partial charge in [0.2, 0.25) is 10.0 Å². The van der Waals surface area contributed by atoms with Crippen molar-refractivity contribution in [2.75, 3.05) is 14.1 Å². The summed E-state index contributed by atoms with van der Waals surface area (Å²) in [4.78, 5) is 12.2. The second kappa shape index (κ2) is 6.89.